The molecule has 2 heterocycles. The lowest BCUT2D eigenvalue weighted by Gasteiger charge is -2.36. The number of rotatable bonds is 2. The van der Waals surface area contributed by atoms with Crippen LogP contribution in [-0.2, 0) is 10.0 Å². The highest BCUT2D eigenvalue weighted by Crippen LogP contribution is 2.35. The minimum absolute atomic E-state index is 0.131. The Hall–Kier alpha value is -2.38. The van der Waals surface area contributed by atoms with Crippen LogP contribution in [0.4, 0.5) is 0 Å². The van der Waals surface area contributed by atoms with Gasteiger partial charge in [0.15, 0.2) is 5.84 Å². The minimum Gasteiger partial charge on any atom is -0.495 e. The van der Waals surface area contributed by atoms with Crippen molar-refractivity contribution in [1.82, 2.24) is 5.01 Å². The van der Waals surface area contributed by atoms with Crippen LogP contribution in [-0.4, -0.2) is 38.6 Å². The fraction of sp³-hybridized carbons (Fsp3) is 0.300. The molecule has 0 saturated heterocycles. The Morgan fingerprint density at radius 3 is 2.68 bits per heavy atom. The van der Waals surface area contributed by atoms with Gasteiger partial charge in [0.05, 0.1) is 17.8 Å². The van der Waals surface area contributed by atoms with Crippen LogP contribution >= 0.6 is 11.6 Å². The van der Waals surface area contributed by atoms with Crippen LogP contribution in [0.3, 0.4) is 0 Å². The van der Waals surface area contributed by atoms with Crippen molar-refractivity contribution in [2.45, 2.75) is 25.2 Å². The molecule has 2 aliphatic rings. The molecule has 0 N–H and O–H groups in total. The second kappa shape index (κ2) is 6.60. The SMILES string of the molecule is COc1cc(C2=NN(C3=NS(=O)(=O)c4ccccc43)CC(C)(C)C2)ccc1Cl. The zero-order valence-corrected chi connectivity index (χ0v) is 17.4. The molecule has 8 heteroatoms. The number of fused-ring (bicyclic) bond motifs is 1. The average Bonchev–Trinajstić information content (AvgIpc) is 2.92. The average molecular weight is 418 g/mol. The van der Waals surface area contributed by atoms with Gasteiger partial charge in [-0.25, -0.2) is 5.01 Å². The molecule has 0 saturated carbocycles. The van der Waals surface area contributed by atoms with E-state index in [0.717, 1.165) is 17.7 Å². The van der Waals surface area contributed by atoms with Crippen molar-refractivity contribution < 1.29 is 13.2 Å². The number of methoxy groups -OCH3 is 1. The van der Waals surface area contributed by atoms with Crippen LogP contribution in [0.2, 0.25) is 5.02 Å². The highest BCUT2D eigenvalue weighted by molar-refractivity contribution is 7.90. The molecule has 0 fully saturated rings. The minimum atomic E-state index is -3.70. The maximum Gasteiger partial charge on any atom is 0.285 e. The lowest BCUT2D eigenvalue weighted by molar-refractivity contribution is 0.246. The van der Waals surface area contributed by atoms with Gasteiger partial charge in [-0.15, -0.1) is 4.40 Å². The van der Waals surface area contributed by atoms with Gasteiger partial charge in [-0.1, -0.05) is 43.6 Å². The van der Waals surface area contributed by atoms with Crippen molar-refractivity contribution in [3.05, 3.63) is 58.6 Å². The molecule has 0 amide bonds. The highest BCUT2D eigenvalue weighted by atomic mass is 35.5. The van der Waals surface area contributed by atoms with Crippen molar-refractivity contribution in [1.29, 1.82) is 0 Å². The first-order valence-electron chi connectivity index (χ1n) is 8.83. The third-order valence-corrected chi connectivity index (χ3v) is 6.44. The molecular weight excluding hydrogens is 398 g/mol. The molecule has 2 aromatic carbocycles. The van der Waals surface area contributed by atoms with Gasteiger partial charge in [-0.2, -0.15) is 13.5 Å². The first-order chi connectivity index (χ1) is 13.2. The fourth-order valence-corrected chi connectivity index (χ4v) is 4.93. The van der Waals surface area contributed by atoms with Gasteiger partial charge in [0.1, 0.15) is 10.6 Å². The van der Waals surface area contributed by atoms with Crippen molar-refractivity contribution in [2.75, 3.05) is 13.7 Å². The number of benzene rings is 2. The summed E-state index contributed by atoms with van der Waals surface area (Å²) in [7, 11) is -2.13. The van der Waals surface area contributed by atoms with Crippen molar-refractivity contribution in [3.8, 4) is 5.75 Å². The normalized spacial score (nSPS) is 19.6. The van der Waals surface area contributed by atoms with Gasteiger partial charge in [0, 0.05) is 17.7 Å². The Morgan fingerprint density at radius 2 is 1.93 bits per heavy atom. The van der Waals surface area contributed by atoms with Gasteiger partial charge < -0.3 is 4.74 Å². The summed E-state index contributed by atoms with van der Waals surface area (Å²) >= 11 is 6.15. The molecule has 0 bridgehead atoms. The van der Waals surface area contributed by atoms with E-state index in [0.29, 0.717) is 28.7 Å². The van der Waals surface area contributed by atoms with Gasteiger partial charge in [0.25, 0.3) is 10.0 Å². The van der Waals surface area contributed by atoms with Crippen LogP contribution in [0.15, 0.2) is 56.9 Å². The Bertz CT molecular complexity index is 1120. The van der Waals surface area contributed by atoms with Crippen molar-refractivity contribution >= 4 is 33.2 Å². The van der Waals surface area contributed by atoms with Gasteiger partial charge in [-0.3, -0.25) is 0 Å². The van der Waals surface area contributed by atoms with Gasteiger partial charge >= 0.3 is 0 Å². The number of nitrogens with zero attached hydrogens (tertiary/aromatic N) is 3. The summed E-state index contributed by atoms with van der Waals surface area (Å²) in [6, 6.07) is 12.4. The molecule has 2 aliphatic heterocycles. The van der Waals surface area contributed by atoms with Gasteiger partial charge in [0.2, 0.25) is 0 Å². The largest absolute Gasteiger partial charge is 0.495 e. The molecule has 6 nitrogen and oxygen atoms in total. The molecule has 2 aromatic rings. The quantitative estimate of drug-likeness (QED) is 0.742. The topological polar surface area (TPSA) is 71.3 Å². The van der Waals surface area contributed by atoms with Crippen LogP contribution in [0, 0.1) is 5.41 Å². The molecule has 4 rings (SSSR count). The van der Waals surface area contributed by atoms with Gasteiger partial charge in [-0.05, 0) is 36.1 Å². The Balaban J connectivity index is 1.81. The number of hydrazone groups is 1. The summed E-state index contributed by atoms with van der Waals surface area (Å²) in [5, 5.41) is 6.98. The number of halogens is 1. The fourth-order valence-electron chi connectivity index (χ4n) is 3.53. The van der Waals surface area contributed by atoms with E-state index in [-0.39, 0.29) is 10.3 Å². The van der Waals surface area contributed by atoms with E-state index in [1.54, 1.807) is 42.5 Å². The molecule has 0 unspecified atom stereocenters. The Labute approximate surface area is 169 Å². The van der Waals surface area contributed by atoms with Crippen molar-refractivity contribution in [2.24, 2.45) is 14.9 Å². The second-order valence-corrected chi connectivity index (χ2v) is 9.66. The summed E-state index contributed by atoms with van der Waals surface area (Å²) in [4.78, 5) is 0.221. The monoisotopic (exact) mass is 417 g/mol. The van der Waals surface area contributed by atoms with E-state index in [1.807, 2.05) is 12.1 Å². The number of ether oxygens (including phenoxy) is 1. The van der Waals surface area contributed by atoms with Crippen molar-refractivity contribution in [3.63, 3.8) is 0 Å². The number of sulfonamides is 1. The molecule has 0 aliphatic carbocycles. The highest BCUT2D eigenvalue weighted by Gasteiger charge is 2.37. The van der Waals surface area contributed by atoms with E-state index in [1.165, 1.54) is 0 Å². The Morgan fingerprint density at radius 1 is 1.18 bits per heavy atom. The maximum absolute atomic E-state index is 12.4. The van der Waals surface area contributed by atoms with Crippen LogP contribution in [0.25, 0.3) is 0 Å². The van der Waals surface area contributed by atoms with Crippen LogP contribution in [0.1, 0.15) is 31.4 Å². The predicted octanol–water partition coefficient (Wildman–Crippen LogP) is 3.93. The van der Waals surface area contributed by atoms with E-state index in [4.69, 9.17) is 21.4 Å². The van der Waals surface area contributed by atoms with E-state index in [9.17, 15) is 8.42 Å². The first-order valence-corrected chi connectivity index (χ1v) is 10.7. The summed E-state index contributed by atoms with van der Waals surface area (Å²) in [6.45, 7) is 4.80. The maximum atomic E-state index is 12.4. The number of amidine groups is 1. The third-order valence-electron chi connectivity index (χ3n) is 4.81. The summed E-state index contributed by atoms with van der Waals surface area (Å²) in [5.74, 6) is 0.935. The smallest absolute Gasteiger partial charge is 0.285 e. The molecule has 0 spiro atoms. The lowest BCUT2D eigenvalue weighted by Crippen LogP contribution is -2.41. The zero-order valence-electron chi connectivity index (χ0n) is 15.8. The van der Waals surface area contributed by atoms with Crippen LogP contribution in [0.5, 0.6) is 5.75 Å². The van der Waals surface area contributed by atoms with E-state index < -0.39 is 10.0 Å². The molecule has 0 aromatic heterocycles. The van der Waals surface area contributed by atoms with E-state index in [2.05, 4.69) is 18.2 Å². The Kier molecular flexibility index (Phi) is 4.47. The number of hydrogen-bond donors (Lipinski definition) is 0. The lowest BCUT2D eigenvalue weighted by atomic mass is 9.83. The molecule has 28 heavy (non-hydrogen) atoms. The second-order valence-electron chi connectivity index (χ2n) is 7.68. The first kappa shape index (κ1) is 19.0. The number of hydrogen-bond acceptors (Lipinski definition) is 5. The van der Waals surface area contributed by atoms with Crippen LogP contribution < -0.4 is 4.74 Å². The molecule has 146 valence electrons. The molecular formula is C20H20ClN3O3S. The third kappa shape index (κ3) is 3.29. The zero-order chi connectivity index (χ0) is 20.1. The predicted molar refractivity (Wildman–Crippen MR) is 110 cm³/mol. The summed E-state index contributed by atoms with van der Waals surface area (Å²) in [5.41, 5.74) is 2.16. The van der Waals surface area contributed by atoms with E-state index >= 15 is 0 Å². The standard InChI is InChI=1S/C20H20ClN3O3S/c1-20(2)11-16(13-8-9-15(21)17(10-13)27-3)22-24(12-20)19-14-6-4-5-7-18(14)28(25,26)23-19/h4-10H,11-12H2,1-3H3. The summed E-state index contributed by atoms with van der Waals surface area (Å²) in [6.07, 6.45) is 0.732. The summed E-state index contributed by atoms with van der Waals surface area (Å²) < 4.78 is 34.2. The molecule has 0 radical (unpaired) electrons. The molecule has 0 atom stereocenters.